The van der Waals surface area contributed by atoms with Gasteiger partial charge >= 0.3 is 0 Å². The van der Waals surface area contributed by atoms with Crippen LogP contribution in [0.2, 0.25) is 5.02 Å². The molecular weight excluding hydrogens is 322 g/mol. The van der Waals surface area contributed by atoms with Crippen molar-refractivity contribution in [3.63, 3.8) is 0 Å². The zero-order chi connectivity index (χ0) is 13.1. The van der Waals surface area contributed by atoms with Gasteiger partial charge in [0.2, 0.25) is 0 Å². The summed E-state index contributed by atoms with van der Waals surface area (Å²) in [4.78, 5) is -0.0777. The molecule has 2 aromatic rings. The Kier molecular flexibility index (Phi) is 4.36. The Hall–Kier alpha value is -0.930. The van der Waals surface area contributed by atoms with Gasteiger partial charge in [0.15, 0.2) is 11.6 Å². The fraction of sp³-hybridized carbons (Fsp3) is 0.143. The number of hydrogen-bond donors (Lipinski definition) is 0. The van der Waals surface area contributed by atoms with Gasteiger partial charge in [-0.1, -0.05) is 45.7 Å². The number of halogens is 4. The van der Waals surface area contributed by atoms with Crippen LogP contribution >= 0.6 is 27.5 Å². The minimum atomic E-state index is -0.832. The molecule has 0 saturated heterocycles. The minimum Gasteiger partial charge on any atom is -0.204 e. The van der Waals surface area contributed by atoms with Crippen LogP contribution in [0.3, 0.4) is 0 Å². The maximum Gasteiger partial charge on any atom is 0.159 e. The molecule has 0 fully saturated rings. The topological polar surface area (TPSA) is 0 Å². The molecule has 1 atom stereocenters. The van der Waals surface area contributed by atoms with E-state index in [1.807, 2.05) is 18.2 Å². The molecule has 0 bridgehead atoms. The van der Waals surface area contributed by atoms with E-state index in [0.29, 0.717) is 17.0 Å². The molecule has 0 aliphatic carbocycles. The molecule has 0 amide bonds. The predicted molar refractivity (Wildman–Crippen MR) is 73.2 cm³/mol. The van der Waals surface area contributed by atoms with Gasteiger partial charge in [-0.05, 0) is 41.8 Å². The van der Waals surface area contributed by atoms with Crippen molar-refractivity contribution < 1.29 is 8.78 Å². The van der Waals surface area contributed by atoms with Crippen molar-refractivity contribution in [3.05, 3.63) is 70.2 Å². The molecule has 0 saturated carbocycles. The number of benzene rings is 2. The van der Waals surface area contributed by atoms with Gasteiger partial charge in [-0.25, -0.2) is 8.78 Å². The second-order valence-corrected chi connectivity index (χ2v) is 5.52. The van der Waals surface area contributed by atoms with Crippen LogP contribution in [-0.4, -0.2) is 0 Å². The van der Waals surface area contributed by atoms with Crippen molar-refractivity contribution in [2.75, 3.05) is 0 Å². The van der Waals surface area contributed by atoms with Crippen LogP contribution in [0.25, 0.3) is 0 Å². The van der Waals surface area contributed by atoms with E-state index in [2.05, 4.69) is 15.9 Å². The molecule has 0 N–H and O–H groups in total. The molecule has 0 heterocycles. The van der Waals surface area contributed by atoms with Gasteiger partial charge in [-0.3, -0.25) is 0 Å². The molecule has 4 heteroatoms. The lowest BCUT2D eigenvalue weighted by Crippen LogP contribution is -1.97. The van der Waals surface area contributed by atoms with Crippen LogP contribution in [0.5, 0.6) is 0 Å². The van der Waals surface area contributed by atoms with Gasteiger partial charge in [0.05, 0.1) is 0 Å². The van der Waals surface area contributed by atoms with Crippen molar-refractivity contribution in [2.24, 2.45) is 0 Å². The largest absolute Gasteiger partial charge is 0.204 e. The van der Waals surface area contributed by atoms with Gasteiger partial charge in [-0.2, -0.15) is 0 Å². The Morgan fingerprint density at radius 3 is 2.50 bits per heavy atom. The summed E-state index contributed by atoms with van der Waals surface area (Å²) >= 11 is 9.37. The third kappa shape index (κ3) is 3.30. The highest BCUT2D eigenvalue weighted by Crippen LogP contribution is 2.28. The zero-order valence-corrected chi connectivity index (χ0v) is 11.7. The molecule has 2 rings (SSSR count). The average molecular weight is 332 g/mol. The van der Waals surface area contributed by atoms with E-state index in [9.17, 15) is 8.78 Å². The van der Waals surface area contributed by atoms with Crippen LogP contribution < -0.4 is 0 Å². The molecule has 18 heavy (non-hydrogen) atoms. The second kappa shape index (κ2) is 5.81. The first-order valence-corrected chi connectivity index (χ1v) is 6.69. The standard InChI is InChI=1S/C14H10BrClF2/c15-12(7-9-2-1-3-11(16)6-9)10-4-5-13(17)14(18)8-10/h1-6,8,12H,7H2. The second-order valence-electron chi connectivity index (χ2n) is 3.98. The van der Waals surface area contributed by atoms with Crippen LogP contribution in [0, 0.1) is 11.6 Å². The quantitative estimate of drug-likeness (QED) is 0.670. The molecular formula is C14H10BrClF2. The minimum absolute atomic E-state index is 0.0777. The third-order valence-corrected chi connectivity index (χ3v) is 3.70. The van der Waals surface area contributed by atoms with Crippen molar-refractivity contribution >= 4 is 27.5 Å². The number of alkyl halides is 1. The van der Waals surface area contributed by atoms with Gasteiger partial charge in [-0.15, -0.1) is 0 Å². The Morgan fingerprint density at radius 1 is 1.06 bits per heavy atom. The summed E-state index contributed by atoms with van der Waals surface area (Å²) < 4.78 is 26.0. The van der Waals surface area contributed by atoms with E-state index in [-0.39, 0.29) is 4.83 Å². The molecule has 0 nitrogen and oxygen atoms in total. The third-order valence-electron chi connectivity index (χ3n) is 2.61. The molecule has 2 aromatic carbocycles. The van der Waals surface area contributed by atoms with Crippen LogP contribution in [-0.2, 0) is 6.42 Å². The Labute approximate surface area is 118 Å². The van der Waals surface area contributed by atoms with E-state index >= 15 is 0 Å². The maximum atomic E-state index is 13.1. The van der Waals surface area contributed by atoms with Crippen molar-refractivity contribution in [1.29, 1.82) is 0 Å². The van der Waals surface area contributed by atoms with E-state index in [1.54, 1.807) is 12.1 Å². The van der Waals surface area contributed by atoms with E-state index in [0.717, 1.165) is 11.6 Å². The number of hydrogen-bond acceptors (Lipinski definition) is 0. The van der Waals surface area contributed by atoms with Crippen molar-refractivity contribution in [1.82, 2.24) is 0 Å². The SMILES string of the molecule is Fc1ccc(C(Br)Cc2cccc(Cl)c2)cc1F. The first kappa shape index (κ1) is 13.5. The lowest BCUT2D eigenvalue weighted by atomic mass is 10.0. The lowest BCUT2D eigenvalue weighted by molar-refractivity contribution is 0.507. The summed E-state index contributed by atoms with van der Waals surface area (Å²) in [5.41, 5.74) is 1.74. The van der Waals surface area contributed by atoms with Gasteiger partial charge in [0.1, 0.15) is 0 Å². The Balaban J connectivity index is 2.16. The highest BCUT2D eigenvalue weighted by Gasteiger charge is 2.11. The van der Waals surface area contributed by atoms with Crippen LogP contribution in [0.1, 0.15) is 16.0 Å². The summed E-state index contributed by atoms with van der Waals surface area (Å²) in [7, 11) is 0. The molecule has 0 aliphatic rings. The van der Waals surface area contributed by atoms with E-state index in [1.165, 1.54) is 6.07 Å². The summed E-state index contributed by atoms with van der Waals surface area (Å²) in [5, 5.41) is 0.664. The molecule has 0 spiro atoms. The Bertz CT molecular complexity index is 557. The molecule has 0 radical (unpaired) electrons. The lowest BCUT2D eigenvalue weighted by Gasteiger charge is -2.11. The first-order valence-electron chi connectivity index (χ1n) is 5.40. The van der Waals surface area contributed by atoms with Crippen LogP contribution in [0.15, 0.2) is 42.5 Å². The van der Waals surface area contributed by atoms with Crippen molar-refractivity contribution in [2.45, 2.75) is 11.2 Å². The first-order chi connectivity index (χ1) is 8.56. The van der Waals surface area contributed by atoms with Gasteiger partial charge in [0.25, 0.3) is 0 Å². The smallest absolute Gasteiger partial charge is 0.159 e. The normalized spacial score (nSPS) is 12.4. The fourth-order valence-corrected chi connectivity index (χ4v) is 2.57. The van der Waals surface area contributed by atoms with E-state index in [4.69, 9.17) is 11.6 Å². The molecule has 0 aromatic heterocycles. The summed E-state index contributed by atoms with van der Waals surface area (Å²) in [5.74, 6) is -1.66. The van der Waals surface area contributed by atoms with Gasteiger partial charge in [0, 0.05) is 9.85 Å². The summed E-state index contributed by atoms with van der Waals surface area (Å²) in [6.07, 6.45) is 0.658. The van der Waals surface area contributed by atoms with Crippen molar-refractivity contribution in [3.8, 4) is 0 Å². The summed E-state index contributed by atoms with van der Waals surface area (Å²) in [6.45, 7) is 0. The number of rotatable bonds is 3. The molecule has 0 aliphatic heterocycles. The average Bonchev–Trinajstić information content (AvgIpc) is 2.32. The van der Waals surface area contributed by atoms with E-state index < -0.39 is 11.6 Å². The van der Waals surface area contributed by atoms with Crippen LogP contribution in [0.4, 0.5) is 8.78 Å². The highest BCUT2D eigenvalue weighted by atomic mass is 79.9. The molecule has 1 unspecified atom stereocenters. The zero-order valence-electron chi connectivity index (χ0n) is 9.34. The highest BCUT2D eigenvalue weighted by molar-refractivity contribution is 9.09. The van der Waals surface area contributed by atoms with Gasteiger partial charge < -0.3 is 0 Å². The monoisotopic (exact) mass is 330 g/mol. The fourth-order valence-electron chi connectivity index (χ4n) is 1.70. The summed E-state index contributed by atoms with van der Waals surface area (Å²) in [6, 6.07) is 11.4. The molecule has 94 valence electrons. The predicted octanol–water partition coefficient (Wildman–Crippen LogP) is 5.30. The maximum absolute atomic E-state index is 13.1. The Morgan fingerprint density at radius 2 is 1.83 bits per heavy atom.